The summed E-state index contributed by atoms with van der Waals surface area (Å²) in [4.78, 5) is 0. The number of benzene rings is 2. The van der Waals surface area contributed by atoms with E-state index in [2.05, 4.69) is 60.7 Å². The van der Waals surface area contributed by atoms with Gasteiger partial charge in [0.05, 0.1) is 0 Å². The smallest absolute Gasteiger partial charge is 0.00399 e. The van der Waals surface area contributed by atoms with E-state index in [1.807, 2.05) is 0 Å². The highest BCUT2D eigenvalue weighted by Gasteiger charge is 2.23. The molecule has 0 spiro atoms. The second-order valence-corrected chi connectivity index (χ2v) is 9.91. The summed E-state index contributed by atoms with van der Waals surface area (Å²) in [6.45, 7) is 0. The first-order valence-electron chi connectivity index (χ1n) is 6.53. The molecular weight excluding hydrogens is 254 g/mol. The van der Waals surface area contributed by atoms with Gasteiger partial charge in [-0.3, -0.25) is 0 Å². The van der Waals surface area contributed by atoms with E-state index in [-0.39, 0.29) is 15.8 Å². The summed E-state index contributed by atoms with van der Waals surface area (Å²) < 4.78 is 0. The highest BCUT2D eigenvalue weighted by atomic mass is 31.2. The van der Waals surface area contributed by atoms with Crippen LogP contribution in [0, 0.1) is 0 Å². The van der Waals surface area contributed by atoms with Crippen LogP contribution in [0.3, 0.4) is 0 Å². The van der Waals surface area contributed by atoms with Gasteiger partial charge in [-0.15, -0.1) is 0 Å². The maximum absolute atomic E-state index is 2.33. The van der Waals surface area contributed by atoms with Gasteiger partial charge in [-0.2, -0.15) is 0 Å². The van der Waals surface area contributed by atoms with E-state index in [0.717, 1.165) is 0 Å². The van der Waals surface area contributed by atoms with E-state index < -0.39 is 0 Å². The van der Waals surface area contributed by atoms with Crippen LogP contribution >= 0.6 is 15.8 Å². The van der Waals surface area contributed by atoms with Crippen LogP contribution < -0.4 is 10.6 Å². The molecule has 0 radical (unpaired) electrons. The van der Waals surface area contributed by atoms with Gasteiger partial charge in [0.15, 0.2) is 0 Å². The number of rotatable bonds is 2. The molecule has 1 aliphatic rings. The molecule has 1 saturated heterocycles. The number of hydrogen-bond acceptors (Lipinski definition) is 0. The summed E-state index contributed by atoms with van der Waals surface area (Å²) in [6, 6.07) is 22.3. The van der Waals surface area contributed by atoms with Gasteiger partial charge >= 0.3 is 0 Å². The lowest BCUT2D eigenvalue weighted by Crippen LogP contribution is -2.16. The second kappa shape index (κ2) is 5.96. The zero-order valence-electron chi connectivity index (χ0n) is 10.5. The van der Waals surface area contributed by atoms with Crippen molar-refractivity contribution in [1.29, 1.82) is 0 Å². The van der Waals surface area contributed by atoms with Gasteiger partial charge in [0.1, 0.15) is 0 Å². The Morgan fingerprint density at radius 1 is 0.611 bits per heavy atom. The fraction of sp³-hybridized carbons (Fsp3) is 0.250. The molecule has 0 unspecified atom stereocenters. The molecule has 0 nitrogen and oxygen atoms in total. The minimum Gasteiger partial charge on any atom is -0.0706 e. The molecule has 0 N–H and O–H groups in total. The molecule has 0 aromatic heterocycles. The zero-order valence-corrected chi connectivity index (χ0v) is 12.3. The molecule has 2 aromatic rings. The zero-order chi connectivity index (χ0) is 12.2. The summed E-state index contributed by atoms with van der Waals surface area (Å²) in [5.74, 6) is 1.44. The van der Waals surface area contributed by atoms with Crippen molar-refractivity contribution in [3.63, 3.8) is 0 Å². The van der Waals surface area contributed by atoms with Crippen LogP contribution in [0.5, 0.6) is 0 Å². The normalized spacial score (nSPS) is 23.8. The van der Waals surface area contributed by atoms with Crippen LogP contribution in [0.1, 0.15) is 6.42 Å². The summed E-state index contributed by atoms with van der Waals surface area (Å²) >= 11 is 0. The fourth-order valence-electron chi connectivity index (χ4n) is 2.50. The Morgan fingerprint density at radius 3 is 1.50 bits per heavy atom. The predicted molar refractivity (Wildman–Crippen MR) is 85.2 cm³/mol. The first kappa shape index (κ1) is 12.3. The topological polar surface area (TPSA) is 0 Å². The largest absolute Gasteiger partial charge is 0.0706 e. The van der Waals surface area contributed by atoms with Crippen molar-refractivity contribution >= 4 is 26.5 Å². The molecule has 0 amide bonds. The van der Waals surface area contributed by atoms with Crippen LogP contribution in [0.4, 0.5) is 0 Å². The highest BCUT2D eigenvalue weighted by molar-refractivity contribution is 7.82. The SMILES string of the molecule is c1ccc([P@]2CCC[P@](c3ccccc3)C2)cc1. The Labute approximate surface area is 112 Å². The second-order valence-electron chi connectivity index (χ2n) is 4.69. The predicted octanol–water partition coefficient (Wildman–Crippen LogP) is 3.96. The lowest BCUT2D eigenvalue weighted by Gasteiger charge is -2.30. The van der Waals surface area contributed by atoms with E-state index >= 15 is 0 Å². The fourth-order valence-corrected chi connectivity index (χ4v) is 9.62. The van der Waals surface area contributed by atoms with Crippen LogP contribution in [0.15, 0.2) is 60.7 Å². The Morgan fingerprint density at radius 2 is 1.06 bits per heavy atom. The lowest BCUT2D eigenvalue weighted by molar-refractivity contribution is 1.09. The summed E-state index contributed by atoms with van der Waals surface area (Å²) in [5.41, 5.74) is 0. The minimum atomic E-state index is 0.0990. The molecule has 0 saturated carbocycles. The summed E-state index contributed by atoms with van der Waals surface area (Å²) in [6.07, 6.45) is 4.29. The maximum Gasteiger partial charge on any atom is -0.00399 e. The molecule has 1 aliphatic heterocycles. The van der Waals surface area contributed by atoms with Crippen molar-refractivity contribution in [2.45, 2.75) is 6.42 Å². The first-order valence-corrected chi connectivity index (χ1v) is 9.96. The Hall–Kier alpha value is -0.700. The Bertz CT molecular complexity index is 435. The average molecular weight is 272 g/mol. The highest BCUT2D eigenvalue weighted by Crippen LogP contribution is 2.54. The van der Waals surface area contributed by atoms with E-state index in [4.69, 9.17) is 0 Å². The van der Waals surface area contributed by atoms with Gasteiger partial charge in [-0.1, -0.05) is 76.5 Å². The summed E-state index contributed by atoms with van der Waals surface area (Å²) in [7, 11) is 0.198. The third kappa shape index (κ3) is 2.82. The van der Waals surface area contributed by atoms with E-state index in [0.29, 0.717) is 0 Å². The molecule has 1 heterocycles. The van der Waals surface area contributed by atoms with Crippen molar-refractivity contribution in [3.8, 4) is 0 Å². The van der Waals surface area contributed by atoms with Crippen molar-refractivity contribution in [2.24, 2.45) is 0 Å². The maximum atomic E-state index is 2.33. The molecule has 2 atom stereocenters. The number of hydrogen-bond donors (Lipinski definition) is 0. The van der Waals surface area contributed by atoms with Gasteiger partial charge in [0.2, 0.25) is 0 Å². The van der Waals surface area contributed by atoms with Crippen LogP contribution in [0.2, 0.25) is 0 Å². The van der Waals surface area contributed by atoms with Crippen molar-refractivity contribution in [1.82, 2.24) is 0 Å². The minimum absolute atomic E-state index is 0.0990. The van der Waals surface area contributed by atoms with Crippen molar-refractivity contribution in [2.75, 3.05) is 18.2 Å². The molecule has 0 aliphatic carbocycles. The van der Waals surface area contributed by atoms with Gasteiger partial charge in [0, 0.05) is 0 Å². The lowest BCUT2D eigenvalue weighted by atomic mass is 10.4. The van der Waals surface area contributed by atoms with Gasteiger partial charge in [-0.05, 0) is 35.3 Å². The average Bonchev–Trinajstić information content (AvgIpc) is 2.49. The summed E-state index contributed by atoms with van der Waals surface area (Å²) in [5, 5.41) is 3.21. The molecule has 18 heavy (non-hydrogen) atoms. The molecule has 2 aromatic carbocycles. The van der Waals surface area contributed by atoms with Gasteiger partial charge in [-0.25, -0.2) is 0 Å². The van der Waals surface area contributed by atoms with E-state index in [1.165, 1.54) is 24.6 Å². The van der Waals surface area contributed by atoms with Gasteiger partial charge in [0.25, 0.3) is 0 Å². The van der Waals surface area contributed by atoms with Crippen LogP contribution in [-0.2, 0) is 0 Å². The van der Waals surface area contributed by atoms with Gasteiger partial charge < -0.3 is 0 Å². The third-order valence-corrected chi connectivity index (χ3v) is 9.94. The Kier molecular flexibility index (Phi) is 4.09. The monoisotopic (exact) mass is 272 g/mol. The molecule has 1 fully saturated rings. The van der Waals surface area contributed by atoms with E-state index in [9.17, 15) is 0 Å². The molecule has 3 rings (SSSR count). The molecular formula is C16H18P2. The van der Waals surface area contributed by atoms with Crippen molar-refractivity contribution in [3.05, 3.63) is 60.7 Å². The third-order valence-electron chi connectivity index (χ3n) is 3.44. The molecule has 92 valence electrons. The Balaban J connectivity index is 1.77. The quantitative estimate of drug-likeness (QED) is 0.726. The van der Waals surface area contributed by atoms with E-state index in [1.54, 1.807) is 10.6 Å². The van der Waals surface area contributed by atoms with Crippen LogP contribution in [-0.4, -0.2) is 18.2 Å². The first-order chi connectivity index (χ1) is 8.93. The standard InChI is InChI=1S/C16H18P2/c1-3-8-15(9-4-1)17-12-7-13-18(14-17)16-10-5-2-6-11-16/h1-6,8-11H,7,12-14H2/t17-,18+. The van der Waals surface area contributed by atoms with Crippen molar-refractivity contribution < 1.29 is 0 Å². The molecule has 2 heteroatoms. The van der Waals surface area contributed by atoms with Crippen LogP contribution in [0.25, 0.3) is 0 Å². The molecule has 0 bridgehead atoms.